The van der Waals surface area contributed by atoms with Crippen LogP contribution in [0.1, 0.15) is 48.3 Å². The van der Waals surface area contributed by atoms with Crippen molar-refractivity contribution in [3.8, 4) is 11.5 Å². The van der Waals surface area contributed by atoms with E-state index in [9.17, 15) is 4.79 Å². The van der Waals surface area contributed by atoms with E-state index in [2.05, 4.69) is 27.1 Å². The standard InChI is InChI=1S/C25H30N4O3S/c1-3-31-23-12-20(8-9-22(23)32-16-19-7-4-10-26-13-19)24(30)28-25-27-21(17-33-25)15-29-11-5-6-18(2)14-29/h4,7-10,12-13,17-18H,3,5-6,11,14-16H2,1-2H3,(H,27,28,30)/t18-/m1/s1. The number of hydrogen-bond acceptors (Lipinski definition) is 7. The van der Waals surface area contributed by atoms with Gasteiger partial charge in [-0.25, -0.2) is 4.98 Å². The summed E-state index contributed by atoms with van der Waals surface area (Å²) in [6.45, 7) is 8.08. The number of nitrogens with one attached hydrogen (secondary N) is 1. The molecule has 0 saturated carbocycles. The van der Waals surface area contributed by atoms with Crippen LogP contribution in [0.25, 0.3) is 0 Å². The Bertz CT molecular complexity index is 1060. The van der Waals surface area contributed by atoms with Crippen LogP contribution >= 0.6 is 11.3 Å². The summed E-state index contributed by atoms with van der Waals surface area (Å²) >= 11 is 1.45. The van der Waals surface area contributed by atoms with Gasteiger partial charge in [0.25, 0.3) is 5.91 Å². The van der Waals surface area contributed by atoms with Gasteiger partial charge in [0, 0.05) is 42.0 Å². The molecule has 0 unspecified atom stereocenters. The number of amides is 1. The minimum atomic E-state index is -0.220. The van der Waals surface area contributed by atoms with Crippen LogP contribution in [0.15, 0.2) is 48.1 Å². The molecule has 2 aromatic heterocycles. The van der Waals surface area contributed by atoms with Gasteiger partial charge in [-0.3, -0.25) is 20.0 Å². The molecule has 3 heterocycles. The Hall–Kier alpha value is -2.97. The molecule has 0 bridgehead atoms. The molecule has 0 spiro atoms. The van der Waals surface area contributed by atoms with Crippen LogP contribution in [0.3, 0.4) is 0 Å². The maximum Gasteiger partial charge on any atom is 0.257 e. The molecule has 8 heteroatoms. The first-order valence-corrected chi connectivity index (χ1v) is 12.3. The fourth-order valence-corrected chi connectivity index (χ4v) is 4.64. The predicted octanol–water partition coefficient (Wildman–Crippen LogP) is 5.00. The molecule has 33 heavy (non-hydrogen) atoms. The van der Waals surface area contributed by atoms with Crippen LogP contribution < -0.4 is 14.8 Å². The maximum atomic E-state index is 12.8. The summed E-state index contributed by atoms with van der Waals surface area (Å²) in [7, 11) is 0. The molecule has 7 nitrogen and oxygen atoms in total. The van der Waals surface area contributed by atoms with E-state index < -0.39 is 0 Å². The summed E-state index contributed by atoms with van der Waals surface area (Å²) < 4.78 is 11.6. The Morgan fingerprint density at radius 1 is 1.27 bits per heavy atom. The SMILES string of the molecule is CCOc1cc(C(=O)Nc2nc(CN3CCC[C@@H](C)C3)cs2)ccc1OCc1cccnc1. The number of thiazole rings is 1. The first-order valence-electron chi connectivity index (χ1n) is 11.4. The Morgan fingerprint density at radius 3 is 2.97 bits per heavy atom. The number of hydrogen-bond donors (Lipinski definition) is 1. The molecule has 4 rings (SSSR count). The zero-order chi connectivity index (χ0) is 23.0. The fraction of sp³-hybridized carbons (Fsp3) is 0.400. The van der Waals surface area contributed by atoms with Crippen molar-refractivity contribution in [2.75, 3.05) is 25.0 Å². The number of piperidine rings is 1. The number of likely N-dealkylation sites (tertiary alicyclic amines) is 1. The monoisotopic (exact) mass is 466 g/mol. The first-order chi connectivity index (χ1) is 16.1. The number of nitrogens with zero attached hydrogens (tertiary/aromatic N) is 3. The van der Waals surface area contributed by atoms with E-state index in [1.54, 1.807) is 30.6 Å². The highest BCUT2D eigenvalue weighted by Gasteiger charge is 2.18. The van der Waals surface area contributed by atoms with Crippen molar-refractivity contribution < 1.29 is 14.3 Å². The largest absolute Gasteiger partial charge is 0.490 e. The van der Waals surface area contributed by atoms with E-state index in [0.29, 0.717) is 35.4 Å². The number of benzene rings is 1. The van der Waals surface area contributed by atoms with Crippen molar-refractivity contribution in [3.05, 3.63) is 64.9 Å². The van der Waals surface area contributed by atoms with Crippen molar-refractivity contribution in [3.63, 3.8) is 0 Å². The van der Waals surface area contributed by atoms with Gasteiger partial charge >= 0.3 is 0 Å². The molecule has 3 aromatic rings. The number of pyridine rings is 1. The van der Waals surface area contributed by atoms with Gasteiger partial charge in [0.2, 0.25) is 0 Å². The lowest BCUT2D eigenvalue weighted by Gasteiger charge is -2.30. The lowest BCUT2D eigenvalue weighted by molar-refractivity contribution is 0.102. The molecular weight excluding hydrogens is 436 g/mol. The third kappa shape index (κ3) is 6.52. The van der Waals surface area contributed by atoms with Gasteiger partial charge in [-0.05, 0) is 56.5 Å². The van der Waals surface area contributed by atoms with E-state index in [4.69, 9.17) is 9.47 Å². The van der Waals surface area contributed by atoms with Crippen molar-refractivity contribution in [1.82, 2.24) is 14.9 Å². The highest BCUT2D eigenvalue weighted by Crippen LogP contribution is 2.30. The van der Waals surface area contributed by atoms with Gasteiger partial charge in [-0.1, -0.05) is 13.0 Å². The number of aromatic nitrogens is 2. The van der Waals surface area contributed by atoms with Gasteiger partial charge in [0.1, 0.15) is 6.61 Å². The summed E-state index contributed by atoms with van der Waals surface area (Å²) in [5, 5.41) is 5.55. The summed E-state index contributed by atoms with van der Waals surface area (Å²) in [4.78, 5) is 24.0. The zero-order valence-electron chi connectivity index (χ0n) is 19.1. The Morgan fingerprint density at radius 2 is 2.18 bits per heavy atom. The zero-order valence-corrected chi connectivity index (χ0v) is 19.9. The average molecular weight is 467 g/mol. The van der Waals surface area contributed by atoms with Gasteiger partial charge < -0.3 is 9.47 Å². The van der Waals surface area contributed by atoms with Crippen molar-refractivity contribution in [2.24, 2.45) is 5.92 Å². The van der Waals surface area contributed by atoms with E-state index >= 15 is 0 Å². The average Bonchev–Trinajstić information content (AvgIpc) is 3.25. The molecular formula is C25H30N4O3S. The van der Waals surface area contributed by atoms with Crippen LogP contribution in [-0.4, -0.2) is 40.5 Å². The number of ether oxygens (including phenoxy) is 2. The van der Waals surface area contributed by atoms with Crippen LogP contribution in [-0.2, 0) is 13.2 Å². The molecule has 1 atom stereocenters. The molecule has 174 valence electrons. The lowest BCUT2D eigenvalue weighted by Crippen LogP contribution is -2.33. The smallest absolute Gasteiger partial charge is 0.257 e. The number of rotatable bonds is 9. The molecule has 1 saturated heterocycles. The van der Waals surface area contributed by atoms with Gasteiger partial charge in [-0.15, -0.1) is 11.3 Å². The number of anilines is 1. The van der Waals surface area contributed by atoms with Crippen LogP contribution in [0.4, 0.5) is 5.13 Å². The second-order valence-corrected chi connectivity index (χ2v) is 9.18. The first kappa shape index (κ1) is 23.2. The van der Waals surface area contributed by atoms with Crippen molar-refractivity contribution in [1.29, 1.82) is 0 Å². The maximum absolute atomic E-state index is 12.8. The normalized spacial score (nSPS) is 16.4. The molecule has 1 aliphatic heterocycles. The van der Waals surface area contributed by atoms with E-state index in [1.165, 1.54) is 24.2 Å². The minimum absolute atomic E-state index is 0.220. The Balaban J connectivity index is 1.38. The van der Waals surface area contributed by atoms with Crippen molar-refractivity contribution >= 4 is 22.4 Å². The molecule has 0 aliphatic carbocycles. The van der Waals surface area contributed by atoms with E-state index in [0.717, 1.165) is 36.8 Å². The second kappa shape index (κ2) is 11.2. The Labute approximate surface area is 198 Å². The van der Waals surface area contributed by atoms with E-state index in [1.807, 2.05) is 24.4 Å². The fourth-order valence-electron chi connectivity index (χ4n) is 3.95. The summed E-state index contributed by atoms with van der Waals surface area (Å²) in [6, 6.07) is 9.03. The van der Waals surface area contributed by atoms with Crippen molar-refractivity contribution in [2.45, 2.75) is 39.8 Å². The molecule has 0 radical (unpaired) electrons. The Kier molecular flexibility index (Phi) is 7.91. The lowest BCUT2D eigenvalue weighted by atomic mass is 10.0. The molecule has 1 aromatic carbocycles. The highest BCUT2D eigenvalue weighted by atomic mass is 32.1. The predicted molar refractivity (Wildman–Crippen MR) is 130 cm³/mol. The summed E-state index contributed by atoms with van der Waals surface area (Å²) in [6.07, 6.45) is 6.02. The third-order valence-electron chi connectivity index (χ3n) is 5.52. The number of carbonyl (C=O) groups is 1. The third-order valence-corrected chi connectivity index (χ3v) is 6.33. The van der Waals surface area contributed by atoms with Gasteiger partial charge in [0.05, 0.1) is 12.3 Å². The van der Waals surface area contributed by atoms with Gasteiger partial charge in [-0.2, -0.15) is 0 Å². The molecule has 1 amide bonds. The topological polar surface area (TPSA) is 76.6 Å². The van der Waals surface area contributed by atoms with Crippen LogP contribution in [0.5, 0.6) is 11.5 Å². The van der Waals surface area contributed by atoms with E-state index in [-0.39, 0.29) is 5.91 Å². The second-order valence-electron chi connectivity index (χ2n) is 8.33. The van der Waals surface area contributed by atoms with Gasteiger partial charge in [0.15, 0.2) is 16.6 Å². The minimum Gasteiger partial charge on any atom is -0.490 e. The molecule has 1 aliphatic rings. The quantitative estimate of drug-likeness (QED) is 0.478. The highest BCUT2D eigenvalue weighted by molar-refractivity contribution is 7.14. The number of carbonyl (C=O) groups excluding carboxylic acids is 1. The van der Waals surface area contributed by atoms with Crippen LogP contribution in [0, 0.1) is 5.92 Å². The molecule has 1 N–H and O–H groups in total. The van der Waals surface area contributed by atoms with Crippen LogP contribution in [0.2, 0.25) is 0 Å². The molecule has 1 fully saturated rings. The summed E-state index contributed by atoms with van der Waals surface area (Å²) in [5.41, 5.74) is 2.45. The summed E-state index contributed by atoms with van der Waals surface area (Å²) in [5.74, 6) is 1.63.